The lowest BCUT2D eigenvalue weighted by molar-refractivity contribution is -0.182. The maximum absolute atomic E-state index is 13.1. The van der Waals surface area contributed by atoms with Gasteiger partial charge in [0.05, 0.1) is 12.2 Å². The first kappa shape index (κ1) is 25.8. The molecule has 3 saturated carbocycles. The van der Waals surface area contributed by atoms with Crippen molar-refractivity contribution >= 4 is 12.1 Å². The van der Waals surface area contributed by atoms with Gasteiger partial charge in [-0.1, -0.05) is 51.8 Å². The molecule has 0 amide bonds. The van der Waals surface area contributed by atoms with E-state index in [1.54, 1.807) is 6.08 Å². The number of hydrogen-bond acceptors (Lipinski definition) is 4. The summed E-state index contributed by atoms with van der Waals surface area (Å²) in [5, 5.41) is 22.4. The summed E-state index contributed by atoms with van der Waals surface area (Å²) in [6, 6.07) is 0. The van der Waals surface area contributed by atoms with Gasteiger partial charge in [-0.15, -0.1) is 0 Å². The van der Waals surface area contributed by atoms with Crippen molar-refractivity contribution in [2.75, 3.05) is 0 Å². The molecule has 0 spiro atoms. The Hall–Kier alpha value is -1.26. The van der Waals surface area contributed by atoms with E-state index in [9.17, 15) is 19.8 Å². The van der Waals surface area contributed by atoms with Gasteiger partial charge in [0.1, 0.15) is 6.29 Å². The highest BCUT2D eigenvalue weighted by Gasteiger charge is 2.70. The predicted molar refractivity (Wildman–Crippen MR) is 135 cm³/mol. The number of aldehydes is 1. The van der Waals surface area contributed by atoms with E-state index in [2.05, 4.69) is 34.6 Å². The van der Waals surface area contributed by atoms with Gasteiger partial charge in [-0.25, -0.2) is 0 Å². The topological polar surface area (TPSA) is 74.6 Å². The van der Waals surface area contributed by atoms with Crippen molar-refractivity contribution in [2.45, 2.75) is 106 Å². The van der Waals surface area contributed by atoms with Gasteiger partial charge in [-0.3, -0.25) is 4.79 Å². The third kappa shape index (κ3) is 3.45. The van der Waals surface area contributed by atoms with Gasteiger partial charge in [0, 0.05) is 23.2 Å². The second kappa shape index (κ2) is 8.40. The second-order valence-corrected chi connectivity index (χ2v) is 13.5. The van der Waals surface area contributed by atoms with E-state index < -0.39 is 23.0 Å². The van der Waals surface area contributed by atoms with Crippen LogP contribution in [0.15, 0.2) is 23.3 Å². The van der Waals surface area contributed by atoms with Crippen molar-refractivity contribution in [2.24, 2.45) is 45.3 Å². The first-order valence-corrected chi connectivity index (χ1v) is 13.5. The van der Waals surface area contributed by atoms with Crippen LogP contribution in [0.25, 0.3) is 0 Å². The average molecular weight is 471 g/mol. The third-order valence-electron chi connectivity index (χ3n) is 11.3. The molecular formula is C30H46O4. The number of rotatable bonds is 5. The molecule has 2 N–H and O–H groups in total. The van der Waals surface area contributed by atoms with Crippen molar-refractivity contribution < 1.29 is 19.8 Å². The molecule has 3 fully saturated rings. The quantitative estimate of drug-likeness (QED) is 0.309. The van der Waals surface area contributed by atoms with E-state index in [0.29, 0.717) is 18.8 Å². The minimum absolute atomic E-state index is 0.0229. The van der Waals surface area contributed by atoms with Crippen LogP contribution < -0.4 is 0 Å². The van der Waals surface area contributed by atoms with Gasteiger partial charge in [0.15, 0.2) is 5.78 Å². The number of hydrogen-bond donors (Lipinski definition) is 2. The number of aliphatic hydroxyl groups excluding tert-OH is 2. The lowest BCUT2D eigenvalue weighted by Crippen LogP contribution is -2.64. The van der Waals surface area contributed by atoms with Crippen LogP contribution in [0, 0.1) is 45.3 Å². The molecule has 4 heteroatoms. The molecule has 4 rings (SSSR count). The second-order valence-electron chi connectivity index (χ2n) is 13.5. The maximum Gasteiger partial charge on any atom is 0.155 e. The summed E-state index contributed by atoms with van der Waals surface area (Å²) in [7, 11) is 0. The van der Waals surface area contributed by atoms with E-state index in [1.807, 2.05) is 19.9 Å². The molecule has 0 saturated heterocycles. The average Bonchev–Trinajstić information content (AvgIpc) is 3.01. The lowest BCUT2D eigenvalue weighted by Gasteiger charge is -2.66. The fraction of sp³-hybridized carbons (Fsp3) is 0.800. The largest absolute Gasteiger partial charge is 0.392 e. The van der Waals surface area contributed by atoms with Crippen molar-refractivity contribution in [3.63, 3.8) is 0 Å². The molecule has 9 unspecified atom stereocenters. The molecule has 0 aromatic heterocycles. The molecule has 0 heterocycles. The van der Waals surface area contributed by atoms with Crippen LogP contribution in [0.3, 0.4) is 0 Å². The highest BCUT2D eigenvalue weighted by molar-refractivity contribution is 5.90. The first-order valence-electron chi connectivity index (χ1n) is 13.5. The molecule has 9 atom stereocenters. The van der Waals surface area contributed by atoms with E-state index in [-0.39, 0.29) is 34.4 Å². The van der Waals surface area contributed by atoms with Gasteiger partial charge in [-0.2, -0.15) is 0 Å². The summed E-state index contributed by atoms with van der Waals surface area (Å²) < 4.78 is 0. The van der Waals surface area contributed by atoms with Gasteiger partial charge < -0.3 is 15.0 Å². The summed E-state index contributed by atoms with van der Waals surface area (Å²) in [6.45, 7) is 15.0. The Morgan fingerprint density at radius 1 is 1.06 bits per heavy atom. The number of carbonyl (C=O) groups excluding carboxylic acids is 2. The molecule has 0 aliphatic heterocycles. The minimum Gasteiger partial charge on any atom is -0.392 e. The number of carbonyl (C=O) groups is 2. The van der Waals surface area contributed by atoms with Gasteiger partial charge in [0.2, 0.25) is 0 Å². The molecule has 0 bridgehead atoms. The van der Waals surface area contributed by atoms with Gasteiger partial charge in [-0.05, 0) is 87.0 Å². The molecule has 34 heavy (non-hydrogen) atoms. The Morgan fingerprint density at radius 2 is 1.74 bits per heavy atom. The van der Waals surface area contributed by atoms with Crippen LogP contribution in [0.2, 0.25) is 0 Å². The Kier molecular flexibility index (Phi) is 6.38. The number of aliphatic hydroxyl groups is 2. The molecule has 190 valence electrons. The molecule has 4 aliphatic rings. The van der Waals surface area contributed by atoms with Crippen LogP contribution in [0.1, 0.15) is 93.4 Å². The zero-order valence-electron chi connectivity index (χ0n) is 22.4. The molecule has 4 aliphatic carbocycles. The van der Waals surface area contributed by atoms with Crippen molar-refractivity contribution in [3.05, 3.63) is 23.3 Å². The van der Waals surface area contributed by atoms with Crippen molar-refractivity contribution in [3.8, 4) is 0 Å². The molecule has 0 radical (unpaired) electrons. The van der Waals surface area contributed by atoms with Crippen LogP contribution in [0.5, 0.6) is 0 Å². The molecule has 0 aromatic rings. The van der Waals surface area contributed by atoms with E-state index in [4.69, 9.17) is 0 Å². The van der Waals surface area contributed by atoms with Crippen LogP contribution in [-0.2, 0) is 9.59 Å². The SMILES string of the molecule is CC(C)=CC(=O)CC(C)C1CCC2(C)C3C(O)C=C4C(CCC(O)C4(C)C)C3(C=O)CCC12C. The normalized spacial score (nSPS) is 45.8. The van der Waals surface area contributed by atoms with Crippen LogP contribution in [0.4, 0.5) is 0 Å². The zero-order valence-corrected chi connectivity index (χ0v) is 22.4. The summed E-state index contributed by atoms with van der Waals surface area (Å²) in [4.78, 5) is 25.7. The van der Waals surface area contributed by atoms with Crippen LogP contribution >= 0.6 is 0 Å². The lowest BCUT2D eigenvalue weighted by atomic mass is 9.38. The Morgan fingerprint density at radius 3 is 2.35 bits per heavy atom. The highest BCUT2D eigenvalue weighted by atomic mass is 16.3. The monoisotopic (exact) mass is 470 g/mol. The summed E-state index contributed by atoms with van der Waals surface area (Å²) in [5.41, 5.74) is 0.929. The molecular weight excluding hydrogens is 424 g/mol. The van der Waals surface area contributed by atoms with Gasteiger partial charge >= 0.3 is 0 Å². The van der Waals surface area contributed by atoms with Crippen molar-refractivity contribution in [1.82, 2.24) is 0 Å². The van der Waals surface area contributed by atoms with E-state index >= 15 is 0 Å². The maximum atomic E-state index is 13.1. The highest BCUT2D eigenvalue weighted by Crippen LogP contribution is 2.74. The Balaban J connectivity index is 1.72. The molecule has 4 nitrogen and oxygen atoms in total. The number of fused-ring (bicyclic) bond motifs is 5. The number of allylic oxidation sites excluding steroid dienone is 2. The Labute approximate surface area is 206 Å². The van der Waals surface area contributed by atoms with Crippen LogP contribution in [-0.4, -0.2) is 34.5 Å². The smallest absolute Gasteiger partial charge is 0.155 e. The zero-order chi connectivity index (χ0) is 25.3. The van der Waals surface area contributed by atoms with E-state index in [0.717, 1.165) is 43.3 Å². The fourth-order valence-corrected chi connectivity index (χ4v) is 9.39. The fourth-order valence-electron chi connectivity index (χ4n) is 9.39. The van der Waals surface area contributed by atoms with Crippen molar-refractivity contribution in [1.29, 1.82) is 0 Å². The molecule has 0 aromatic carbocycles. The Bertz CT molecular complexity index is 911. The predicted octanol–water partition coefficient (Wildman–Crippen LogP) is 5.66. The standard InChI is InChI=1S/C30H46O4/c1-18(2)14-20(32)15-19(3)21-10-11-29(7)26-24(33)16-23-22(8-9-25(34)27(23,4)5)30(26,17-31)13-12-28(21,29)6/h14,16-17,19,21-22,24-26,33-34H,8-13,15H2,1-7H3. The minimum atomic E-state index is -0.688. The number of ketones is 1. The van der Waals surface area contributed by atoms with Gasteiger partial charge in [0.25, 0.3) is 0 Å². The first-order chi connectivity index (χ1) is 15.7. The third-order valence-corrected chi connectivity index (χ3v) is 11.3. The summed E-state index contributed by atoms with van der Waals surface area (Å²) in [6.07, 6.45) is 9.68. The summed E-state index contributed by atoms with van der Waals surface area (Å²) >= 11 is 0. The summed E-state index contributed by atoms with van der Waals surface area (Å²) in [5.74, 6) is 0.847. The van der Waals surface area contributed by atoms with E-state index in [1.165, 1.54) is 6.29 Å².